The normalized spacial score (nSPS) is 13.8. The molecule has 3 aromatic heterocycles. The molecule has 8 aromatic rings. The zero-order valence-electron chi connectivity index (χ0n) is 22.7. The first kappa shape index (κ1) is 22.6. The predicted octanol–water partition coefficient (Wildman–Crippen LogP) is 9.45. The van der Waals surface area contributed by atoms with Crippen molar-refractivity contribution in [2.45, 2.75) is 19.3 Å². The van der Waals surface area contributed by atoms with Crippen LogP contribution in [-0.2, 0) is 5.41 Å². The van der Waals surface area contributed by atoms with Gasteiger partial charge in [-0.25, -0.2) is 9.97 Å². The molecule has 3 heterocycles. The Labute approximate surface area is 236 Å². The molecule has 41 heavy (non-hydrogen) atoms. The van der Waals surface area contributed by atoms with Gasteiger partial charge in [-0.2, -0.15) is 0 Å². The Balaban J connectivity index is 1.38. The average Bonchev–Trinajstić information content (AvgIpc) is 3.68. The van der Waals surface area contributed by atoms with Crippen LogP contribution in [0.25, 0.3) is 71.8 Å². The van der Waals surface area contributed by atoms with Gasteiger partial charge in [0.2, 0.25) is 5.95 Å². The van der Waals surface area contributed by atoms with Gasteiger partial charge in [0.15, 0.2) is 0 Å². The standard InChI is InChI=1S/C37H25N3O/c1-37(2)29-16-7-5-12-24(29)25-14-9-15-27(34(25)37)35-28-20-41-21-30(28)38-36(39-35)40-31-17-8-6-13-26(31)33-23-11-4-3-10-22(23)18-19-32(33)40/h3-21H,1-2H3. The molecular formula is C37H25N3O. The van der Waals surface area contributed by atoms with Gasteiger partial charge in [-0.1, -0.05) is 105 Å². The third-order valence-electron chi connectivity index (χ3n) is 8.93. The molecule has 0 fully saturated rings. The van der Waals surface area contributed by atoms with Crippen molar-refractivity contribution < 1.29 is 4.42 Å². The molecule has 0 radical (unpaired) electrons. The van der Waals surface area contributed by atoms with Crippen LogP contribution >= 0.6 is 0 Å². The molecule has 0 saturated carbocycles. The quantitative estimate of drug-likeness (QED) is 0.225. The van der Waals surface area contributed by atoms with E-state index in [0.717, 1.165) is 33.2 Å². The summed E-state index contributed by atoms with van der Waals surface area (Å²) in [4.78, 5) is 10.4. The largest absolute Gasteiger partial charge is 0.470 e. The SMILES string of the molecule is CC1(C)c2ccccc2-c2cccc(-c3nc(-n4c5ccccc5c5c6ccccc6ccc54)nc4cocc34)c21. The van der Waals surface area contributed by atoms with E-state index < -0.39 is 0 Å². The lowest BCUT2D eigenvalue weighted by Crippen LogP contribution is -2.16. The second-order valence-corrected chi connectivity index (χ2v) is 11.5. The number of aromatic nitrogens is 3. The zero-order chi connectivity index (χ0) is 27.3. The number of hydrogen-bond donors (Lipinski definition) is 0. The smallest absolute Gasteiger partial charge is 0.235 e. The minimum Gasteiger partial charge on any atom is -0.470 e. The maximum absolute atomic E-state index is 5.75. The number of fused-ring (bicyclic) bond motifs is 9. The number of nitrogens with zero attached hydrogens (tertiary/aromatic N) is 3. The van der Waals surface area contributed by atoms with Crippen molar-refractivity contribution in [2.24, 2.45) is 0 Å². The molecule has 4 nitrogen and oxygen atoms in total. The third kappa shape index (κ3) is 2.94. The summed E-state index contributed by atoms with van der Waals surface area (Å²) >= 11 is 0. The van der Waals surface area contributed by atoms with Gasteiger partial charge in [0.1, 0.15) is 18.0 Å². The van der Waals surface area contributed by atoms with Crippen LogP contribution < -0.4 is 0 Å². The molecular weight excluding hydrogens is 502 g/mol. The molecule has 0 unspecified atom stereocenters. The Kier molecular flexibility index (Phi) is 4.36. The fourth-order valence-corrected chi connectivity index (χ4v) is 7.15. The Morgan fingerprint density at radius 3 is 2.29 bits per heavy atom. The molecule has 0 bridgehead atoms. The second-order valence-electron chi connectivity index (χ2n) is 11.5. The van der Waals surface area contributed by atoms with Crippen molar-refractivity contribution in [3.05, 3.63) is 127 Å². The van der Waals surface area contributed by atoms with Crippen LogP contribution in [0.4, 0.5) is 0 Å². The first-order valence-corrected chi connectivity index (χ1v) is 14.0. The summed E-state index contributed by atoms with van der Waals surface area (Å²) < 4.78 is 7.96. The van der Waals surface area contributed by atoms with E-state index in [0.29, 0.717) is 5.95 Å². The number of benzene rings is 5. The van der Waals surface area contributed by atoms with Crippen LogP contribution in [0, 0.1) is 0 Å². The number of hydrogen-bond acceptors (Lipinski definition) is 3. The summed E-state index contributed by atoms with van der Waals surface area (Å²) in [7, 11) is 0. The Morgan fingerprint density at radius 1 is 0.610 bits per heavy atom. The lowest BCUT2D eigenvalue weighted by molar-refractivity contribution is 0.572. The molecule has 1 aliphatic rings. The molecule has 0 atom stereocenters. The van der Waals surface area contributed by atoms with Crippen LogP contribution in [0.2, 0.25) is 0 Å². The van der Waals surface area contributed by atoms with E-state index >= 15 is 0 Å². The van der Waals surface area contributed by atoms with Crippen LogP contribution in [-0.4, -0.2) is 14.5 Å². The number of para-hydroxylation sites is 1. The Hall–Kier alpha value is -5.22. The Morgan fingerprint density at radius 2 is 1.37 bits per heavy atom. The van der Waals surface area contributed by atoms with Crippen LogP contribution in [0.1, 0.15) is 25.0 Å². The third-order valence-corrected chi connectivity index (χ3v) is 8.93. The molecule has 194 valence electrons. The van der Waals surface area contributed by atoms with Gasteiger partial charge in [-0.05, 0) is 45.2 Å². The van der Waals surface area contributed by atoms with E-state index in [-0.39, 0.29) is 5.41 Å². The molecule has 9 rings (SSSR count). The Bertz CT molecular complexity index is 2350. The maximum Gasteiger partial charge on any atom is 0.235 e. The van der Waals surface area contributed by atoms with Crippen molar-refractivity contribution in [1.29, 1.82) is 0 Å². The molecule has 5 aromatic carbocycles. The van der Waals surface area contributed by atoms with Gasteiger partial charge in [0, 0.05) is 21.8 Å². The molecule has 1 aliphatic carbocycles. The fraction of sp³-hybridized carbons (Fsp3) is 0.0811. The lowest BCUT2D eigenvalue weighted by atomic mass is 9.79. The van der Waals surface area contributed by atoms with E-state index in [1.165, 1.54) is 43.8 Å². The predicted molar refractivity (Wildman–Crippen MR) is 167 cm³/mol. The van der Waals surface area contributed by atoms with Crippen molar-refractivity contribution in [3.8, 4) is 28.3 Å². The van der Waals surface area contributed by atoms with Gasteiger partial charge in [0.05, 0.1) is 22.1 Å². The van der Waals surface area contributed by atoms with Gasteiger partial charge < -0.3 is 4.42 Å². The highest BCUT2D eigenvalue weighted by atomic mass is 16.3. The first-order chi connectivity index (χ1) is 20.1. The average molecular weight is 528 g/mol. The minimum atomic E-state index is -0.171. The van der Waals surface area contributed by atoms with Crippen molar-refractivity contribution >= 4 is 43.5 Å². The maximum atomic E-state index is 5.75. The summed E-state index contributed by atoms with van der Waals surface area (Å²) in [6.45, 7) is 4.63. The molecule has 0 aliphatic heterocycles. The van der Waals surface area contributed by atoms with Crippen molar-refractivity contribution in [1.82, 2.24) is 14.5 Å². The highest BCUT2D eigenvalue weighted by molar-refractivity contribution is 6.21. The number of rotatable bonds is 2. The van der Waals surface area contributed by atoms with Gasteiger partial charge in [-0.15, -0.1) is 0 Å². The van der Waals surface area contributed by atoms with E-state index in [1.54, 1.807) is 12.5 Å². The van der Waals surface area contributed by atoms with E-state index in [9.17, 15) is 0 Å². The van der Waals surface area contributed by atoms with Gasteiger partial charge >= 0.3 is 0 Å². The second kappa shape index (κ2) is 7.92. The molecule has 0 amide bonds. The monoisotopic (exact) mass is 527 g/mol. The summed E-state index contributed by atoms with van der Waals surface area (Å²) in [6.07, 6.45) is 3.51. The van der Waals surface area contributed by atoms with E-state index in [4.69, 9.17) is 14.4 Å². The van der Waals surface area contributed by atoms with Gasteiger partial charge in [-0.3, -0.25) is 4.57 Å². The van der Waals surface area contributed by atoms with Crippen molar-refractivity contribution in [2.75, 3.05) is 0 Å². The molecule has 0 spiro atoms. The lowest BCUT2D eigenvalue weighted by Gasteiger charge is -2.24. The number of furan rings is 1. The topological polar surface area (TPSA) is 43.9 Å². The van der Waals surface area contributed by atoms with Crippen LogP contribution in [0.15, 0.2) is 120 Å². The van der Waals surface area contributed by atoms with E-state index in [1.807, 2.05) is 0 Å². The molecule has 0 saturated heterocycles. The summed E-state index contributed by atoms with van der Waals surface area (Å²) in [5.74, 6) is 0.640. The van der Waals surface area contributed by atoms with Gasteiger partial charge in [0.25, 0.3) is 0 Å². The van der Waals surface area contributed by atoms with Crippen LogP contribution in [0.5, 0.6) is 0 Å². The zero-order valence-corrected chi connectivity index (χ0v) is 22.7. The summed E-state index contributed by atoms with van der Waals surface area (Å²) in [5.41, 5.74) is 10.00. The minimum absolute atomic E-state index is 0.171. The fourth-order valence-electron chi connectivity index (χ4n) is 7.15. The first-order valence-electron chi connectivity index (χ1n) is 14.0. The van der Waals surface area contributed by atoms with E-state index in [2.05, 4.69) is 122 Å². The van der Waals surface area contributed by atoms with Crippen LogP contribution in [0.3, 0.4) is 0 Å². The summed E-state index contributed by atoms with van der Waals surface area (Å²) in [6, 6.07) is 36.8. The molecule has 4 heteroatoms. The van der Waals surface area contributed by atoms with Crippen molar-refractivity contribution in [3.63, 3.8) is 0 Å². The highest BCUT2D eigenvalue weighted by Gasteiger charge is 2.38. The summed E-state index contributed by atoms with van der Waals surface area (Å²) in [5, 5.41) is 5.77. The highest BCUT2D eigenvalue weighted by Crippen LogP contribution is 2.52. The molecule has 0 N–H and O–H groups in total.